The zero-order chi connectivity index (χ0) is 11.5. The van der Waals surface area contributed by atoms with E-state index in [2.05, 4.69) is 22.0 Å². The fourth-order valence-corrected chi connectivity index (χ4v) is 2.05. The maximum atomic E-state index is 5.62. The first-order chi connectivity index (χ1) is 7.74. The highest BCUT2D eigenvalue weighted by molar-refractivity contribution is 6.16. The van der Waals surface area contributed by atoms with Crippen LogP contribution >= 0.6 is 11.6 Å². The monoisotopic (exact) mass is 245 g/mol. The molecule has 0 radical (unpaired) electrons. The van der Waals surface area contributed by atoms with E-state index in [0.717, 1.165) is 19.5 Å². The number of ether oxygens (including phenoxy) is 1. The largest absolute Gasteiger partial charge is 0.407 e. The number of methoxy groups -OCH3 is 1. The predicted molar refractivity (Wildman–Crippen MR) is 60.6 cm³/mol. The lowest BCUT2D eigenvalue weighted by molar-refractivity contribution is 0.0485. The molecule has 6 heteroatoms. The Morgan fingerprint density at radius 3 is 3.00 bits per heavy atom. The molecular formula is C10H16ClN3O2. The van der Waals surface area contributed by atoms with E-state index < -0.39 is 0 Å². The molecule has 2 heterocycles. The van der Waals surface area contributed by atoms with Crippen molar-refractivity contribution in [2.24, 2.45) is 5.92 Å². The van der Waals surface area contributed by atoms with Crippen molar-refractivity contribution in [2.75, 3.05) is 25.1 Å². The molecule has 0 bridgehead atoms. The van der Waals surface area contributed by atoms with Crippen LogP contribution in [0.5, 0.6) is 0 Å². The van der Waals surface area contributed by atoms with Crippen molar-refractivity contribution >= 4 is 17.6 Å². The molecule has 0 amide bonds. The number of hydrogen-bond donors (Lipinski definition) is 0. The average Bonchev–Trinajstić information content (AvgIpc) is 2.78. The third-order valence-corrected chi connectivity index (χ3v) is 3.26. The van der Waals surface area contributed by atoms with Gasteiger partial charge in [0.1, 0.15) is 5.88 Å². The van der Waals surface area contributed by atoms with Gasteiger partial charge in [-0.15, -0.1) is 16.7 Å². The Hall–Kier alpha value is -0.810. The van der Waals surface area contributed by atoms with E-state index in [4.69, 9.17) is 20.8 Å². The maximum Gasteiger partial charge on any atom is 0.318 e. The van der Waals surface area contributed by atoms with Gasteiger partial charge in [0, 0.05) is 20.2 Å². The highest BCUT2D eigenvalue weighted by atomic mass is 35.5. The lowest BCUT2D eigenvalue weighted by atomic mass is 9.96. The highest BCUT2D eigenvalue weighted by Gasteiger charge is 2.28. The fraction of sp³-hybridized carbons (Fsp3) is 0.800. The maximum absolute atomic E-state index is 5.62. The molecule has 0 spiro atoms. The lowest BCUT2D eigenvalue weighted by Crippen LogP contribution is -2.44. The third kappa shape index (κ3) is 2.30. The number of rotatable bonds is 3. The minimum Gasteiger partial charge on any atom is -0.407 e. The van der Waals surface area contributed by atoms with Gasteiger partial charge in [-0.3, -0.25) is 0 Å². The standard InChI is InChI=1S/C10H16ClN3O2/c1-7-3-4-14(6-8(7)15-2)10-13-12-9(5-11)16-10/h7-8H,3-6H2,1-2H3. The molecule has 0 saturated carbocycles. The summed E-state index contributed by atoms with van der Waals surface area (Å²) < 4.78 is 10.8. The molecule has 2 unspecified atom stereocenters. The minimum atomic E-state index is 0.222. The summed E-state index contributed by atoms with van der Waals surface area (Å²) in [6.45, 7) is 3.91. The Balaban J connectivity index is 2.05. The molecule has 1 aliphatic heterocycles. The number of alkyl halides is 1. The molecule has 5 nitrogen and oxygen atoms in total. The van der Waals surface area contributed by atoms with Gasteiger partial charge < -0.3 is 14.1 Å². The van der Waals surface area contributed by atoms with Gasteiger partial charge in [-0.2, -0.15) is 0 Å². The SMILES string of the molecule is COC1CN(c2nnc(CCl)o2)CCC1C. The number of hydrogen-bond acceptors (Lipinski definition) is 5. The Morgan fingerprint density at radius 1 is 1.56 bits per heavy atom. The Morgan fingerprint density at radius 2 is 2.38 bits per heavy atom. The van der Waals surface area contributed by atoms with E-state index in [1.807, 2.05) is 0 Å². The quantitative estimate of drug-likeness (QED) is 0.759. The Bertz CT molecular complexity index is 345. The van der Waals surface area contributed by atoms with Gasteiger partial charge in [0.05, 0.1) is 6.10 Å². The van der Waals surface area contributed by atoms with Crippen molar-refractivity contribution in [1.29, 1.82) is 0 Å². The summed E-state index contributed by atoms with van der Waals surface area (Å²) in [7, 11) is 1.74. The molecule has 1 aromatic heterocycles. The van der Waals surface area contributed by atoms with Crippen LogP contribution in [-0.4, -0.2) is 36.5 Å². The van der Waals surface area contributed by atoms with E-state index in [1.54, 1.807) is 7.11 Å². The van der Waals surface area contributed by atoms with Crippen molar-refractivity contribution in [1.82, 2.24) is 10.2 Å². The van der Waals surface area contributed by atoms with Crippen molar-refractivity contribution in [3.05, 3.63) is 5.89 Å². The minimum absolute atomic E-state index is 0.222. The number of aromatic nitrogens is 2. The molecule has 1 aliphatic rings. The topological polar surface area (TPSA) is 51.4 Å². The van der Waals surface area contributed by atoms with E-state index >= 15 is 0 Å². The van der Waals surface area contributed by atoms with Crippen molar-refractivity contribution in [2.45, 2.75) is 25.3 Å². The molecule has 0 N–H and O–H groups in total. The van der Waals surface area contributed by atoms with Crippen LogP contribution < -0.4 is 4.90 Å². The van der Waals surface area contributed by atoms with E-state index in [1.165, 1.54) is 0 Å². The first-order valence-corrected chi connectivity index (χ1v) is 5.94. The number of piperidine rings is 1. The van der Waals surface area contributed by atoms with Crippen LogP contribution in [0.15, 0.2) is 4.42 Å². The van der Waals surface area contributed by atoms with Crippen molar-refractivity contribution in [3.8, 4) is 0 Å². The fourth-order valence-electron chi connectivity index (χ4n) is 1.94. The first kappa shape index (κ1) is 11.7. The Labute approximate surface area is 99.7 Å². The van der Waals surface area contributed by atoms with Gasteiger partial charge in [-0.25, -0.2) is 0 Å². The molecule has 2 atom stereocenters. The van der Waals surface area contributed by atoms with Crippen LogP contribution in [0.2, 0.25) is 0 Å². The summed E-state index contributed by atoms with van der Waals surface area (Å²) in [4.78, 5) is 2.05. The molecule has 1 fully saturated rings. The normalized spacial score (nSPS) is 26.1. The summed E-state index contributed by atoms with van der Waals surface area (Å²) >= 11 is 5.62. The second-order valence-corrected chi connectivity index (χ2v) is 4.37. The molecule has 2 rings (SSSR count). The van der Waals surface area contributed by atoms with Crippen LogP contribution in [-0.2, 0) is 10.6 Å². The van der Waals surface area contributed by atoms with Gasteiger partial charge in [-0.1, -0.05) is 12.0 Å². The van der Waals surface area contributed by atoms with Crippen molar-refractivity contribution < 1.29 is 9.15 Å². The zero-order valence-corrected chi connectivity index (χ0v) is 10.3. The number of anilines is 1. The third-order valence-electron chi connectivity index (χ3n) is 3.03. The summed E-state index contributed by atoms with van der Waals surface area (Å²) in [5, 5.41) is 7.82. The summed E-state index contributed by atoms with van der Waals surface area (Å²) in [5.41, 5.74) is 0. The number of nitrogens with zero attached hydrogens (tertiary/aromatic N) is 3. The van der Waals surface area contributed by atoms with E-state index in [0.29, 0.717) is 17.8 Å². The van der Waals surface area contributed by atoms with E-state index in [-0.39, 0.29) is 12.0 Å². The van der Waals surface area contributed by atoms with E-state index in [9.17, 15) is 0 Å². The second kappa shape index (κ2) is 5.01. The molecule has 1 saturated heterocycles. The Kier molecular flexibility index (Phi) is 3.66. The summed E-state index contributed by atoms with van der Waals surface area (Å²) in [6, 6.07) is 0.546. The smallest absolute Gasteiger partial charge is 0.318 e. The van der Waals surface area contributed by atoms with Crippen LogP contribution in [0.3, 0.4) is 0 Å². The average molecular weight is 246 g/mol. The van der Waals surface area contributed by atoms with Gasteiger partial charge >= 0.3 is 6.01 Å². The summed E-state index contributed by atoms with van der Waals surface area (Å²) in [5.74, 6) is 1.28. The van der Waals surface area contributed by atoms with Crippen LogP contribution in [0.25, 0.3) is 0 Å². The van der Waals surface area contributed by atoms with Crippen LogP contribution in [0.4, 0.5) is 6.01 Å². The highest BCUT2D eigenvalue weighted by Crippen LogP contribution is 2.24. The first-order valence-electron chi connectivity index (χ1n) is 5.40. The van der Waals surface area contributed by atoms with Crippen LogP contribution in [0.1, 0.15) is 19.2 Å². The molecule has 0 aromatic carbocycles. The van der Waals surface area contributed by atoms with Gasteiger partial charge in [0.2, 0.25) is 5.89 Å². The summed E-state index contributed by atoms with van der Waals surface area (Å²) in [6.07, 6.45) is 1.29. The molecule has 0 aliphatic carbocycles. The second-order valence-electron chi connectivity index (χ2n) is 4.10. The number of halogens is 1. The molecule has 90 valence electrons. The molecule has 16 heavy (non-hydrogen) atoms. The lowest BCUT2D eigenvalue weighted by Gasteiger charge is -2.34. The van der Waals surface area contributed by atoms with Crippen molar-refractivity contribution in [3.63, 3.8) is 0 Å². The van der Waals surface area contributed by atoms with Crippen LogP contribution in [0, 0.1) is 5.92 Å². The predicted octanol–water partition coefficient (Wildman–Crippen LogP) is 1.67. The zero-order valence-electron chi connectivity index (χ0n) is 9.52. The molecular weight excluding hydrogens is 230 g/mol. The van der Waals surface area contributed by atoms with Gasteiger partial charge in [0.15, 0.2) is 0 Å². The van der Waals surface area contributed by atoms with Gasteiger partial charge in [-0.05, 0) is 12.3 Å². The molecule has 1 aromatic rings. The van der Waals surface area contributed by atoms with Gasteiger partial charge in [0.25, 0.3) is 0 Å².